The van der Waals surface area contributed by atoms with Gasteiger partial charge in [-0.1, -0.05) is 20.8 Å². The molecule has 1 aromatic heterocycles. The van der Waals surface area contributed by atoms with Crippen LogP contribution in [0.1, 0.15) is 33.0 Å². The standard InChI is InChI=1S/C14H27N5/c1-6-14(3,4)10-17-13-9-12(16-8-7-15-5)18-11(2)19-13/h9,15H,6-8,10H2,1-5H3,(H2,16,17,18,19). The Morgan fingerprint density at radius 1 is 1.11 bits per heavy atom. The molecule has 1 aromatic rings. The van der Waals surface area contributed by atoms with E-state index < -0.39 is 0 Å². The van der Waals surface area contributed by atoms with Crippen LogP contribution in [-0.2, 0) is 0 Å². The second-order valence-electron chi connectivity index (χ2n) is 5.59. The van der Waals surface area contributed by atoms with Gasteiger partial charge < -0.3 is 16.0 Å². The van der Waals surface area contributed by atoms with Gasteiger partial charge in [-0.25, -0.2) is 9.97 Å². The van der Waals surface area contributed by atoms with Gasteiger partial charge in [0.1, 0.15) is 17.5 Å². The summed E-state index contributed by atoms with van der Waals surface area (Å²) in [6.07, 6.45) is 1.14. The smallest absolute Gasteiger partial charge is 0.131 e. The minimum atomic E-state index is 0.276. The van der Waals surface area contributed by atoms with Gasteiger partial charge in [-0.05, 0) is 25.8 Å². The van der Waals surface area contributed by atoms with Crippen molar-refractivity contribution in [3.63, 3.8) is 0 Å². The molecule has 0 aromatic carbocycles. The Kier molecular flexibility index (Phi) is 6.02. The van der Waals surface area contributed by atoms with Gasteiger partial charge in [0, 0.05) is 25.7 Å². The van der Waals surface area contributed by atoms with Crippen LogP contribution in [0.3, 0.4) is 0 Å². The second-order valence-corrected chi connectivity index (χ2v) is 5.59. The fraction of sp³-hybridized carbons (Fsp3) is 0.714. The molecule has 1 rings (SSSR count). The lowest BCUT2D eigenvalue weighted by Crippen LogP contribution is -2.23. The quantitative estimate of drug-likeness (QED) is 0.629. The molecule has 3 N–H and O–H groups in total. The van der Waals surface area contributed by atoms with Gasteiger partial charge in [-0.2, -0.15) is 0 Å². The van der Waals surface area contributed by atoms with E-state index in [4.69, 9.17) is 0 Å². The highest BCUT2D eigenvalue weighted by molar-refractivity contribution is 5.47. The van der Waals surface area contributed by atoms with Crippen LogP contribution in [0.4, 0.5) is 11.6 Å². The Labute approximate surface area is 116 Å². The number of nitrogens with zero attached hydrogens (tertiary/aromatic N) is 2. The van der Waals surface area contributed by atoms with E-state index >= 15 is 0 Å². The number of hydrogen-bond acceptors (Lipinski definition) is 5. The van der Waals surface area contributed by atoms with Crippen molar-refractivity contribution in [2.45, 2.75) is 34.1 Å². The Bertz CT molecular complexity index is 389. The molecule has 19 heavy (non-hydrogen) atoms. The topological polar surface area (TPSA) is 61.9 Å². The third kappa shape index (κ3) is 5.87. The molecule has 0 saturated carbocycles. The van der Waals surface area contributed by atoms with Crippen molar-refractivity contribution in [1.82, 2.24) is 15.3 Å². The predicted molar refractivity (Wildman–Crippen MR) is 81.7 cm³/mol. The van der Waals surface area contributed by atoms with E-state index in [0.29, 0.717) is 0 Å². The summed E-state index contributed by atoms with van der Waals surface area (Å²) in [5, 5.41) is 9.78. The lowest BCUT2D eigenvalue weighted by molar-refractivity contribution is 0.376. The van der Waals surface area contributed by atoms with E-state index in [-0.39, 0.29) is 5.41 Å². The maximum Gasteiger partial charge on any atom is 0.131 e. The molecule has 0 atom stereocenters. The average molecular weight is 265 g/mol. The molecule has 0 fully saturated rings. The lowest BCUT2D eigenvalue weighted by Gasteiger charge is -2.23. The van der Waals surface area contributed by atoms with E-state index in [0.717, 1.165) is 43.5 Å². The maximum atomic E-state index is 4.42. The molecular formula is C14H27N5. The molecule has 0 aliphatic carbocycles. The first-order valence-electron chi connectivity index (χ1n) is 6.95. The summed E-state index contributed by atoms with van der Waals surface area (Å²) in [4.78, 5) is 8.80. The molecule has 1 heterocycles. The normalized spacial score (nSPS) is 11.4. The highest BCUT2D eigenvalue weighted by Crippen LogP contribution is 2.20. The SMILES string of the molecule is CCC(C)(C)CNc1cc(NCCNC)nc(C)n1. The van der Waals surface area contributed by atoms with Crippen molar-refractivity contribution in [2.75, 3.05) is 37.3 Å². The van der Waals surface area contributed by atoms with Crippen molar-refractivity contribution >= 4 is 11.6 Å². The third-order valence-electron chi connectivity index (χ3n) is 3.22. The Morgan fingerprint density at radius 2 is 1.74 bits per heavy atom. The van der Waals surface area contributed by atoms with Gasteiger partial charge in [0.15, 0.2) is 0 Å². The van der Waals surface area contributed by atoms with Crippen LogP contribution < -0.4 is 16.0 Å². The van der Waals surface area contributed by atoms with Crippen LogP contribution in [-0.4, -0.2) is 36.6 Å². The van der Waals surface area contributed by atoms with Crippen LogP contribution >= 0.6 is 0 Å². The monoisotopic (exact) mass is 265 g/mol. The predicted octanol–water partition coefficient (Wildman–Crippen LogP) is 2.26. The minimum absolute atomic E-state index is 0.276. The van der Waals surface area contributed by atoms with Gasteiger partial charge in [0.05, 0.1) is 0 Å². The van der Waals surface area contributed by atoms with E-state index in [9.17, 15) is 0 Å². The molecule has 0 aliphatic rings. The van der Waals surface area contributed by atoms with Gasteiger partial charge in [-0.3, -0.25) is 0 Å². The molecule has 5 nitrogen and oxygen atoms in total. The van der Waals surface area contributed by atoms with Crippen molar-refractivity contribution in [2.24, 2.45) is 5.41 Å². The number of aryl methyl sites for hydroxylation is 1. The Hall–Kier alpha value is -1.36. The lowest BCUT2D eigenvalue weighted by atomic mass is 9.90. The zero-order chi connectivity index (χ0) is 14.3. The fourth-order valence-electron chi connectivity index (χ4n) is 1.52. The van der Waals surface area contributed by atoms with Gasteiger partial charge in [-0.15, -0.1) is 0 Å². The summed E-state index contributed by atoms with van der Waals surface area (Å²) < 4.78 is 0. The first-order valence-corrected chi connectivity index (χ1v) is 6.95. The largest absolute Gasteiger partial charge is 0.369 e. The third-order valence-corrected chi connectivity index (χ3v) is 3.22. The molecule has 5 heteroatoms. The highest BCUT2D eigenvalue weighted by atomic mass is 15.1. The van der Waals surface area contributed by atoms with Gasteiger partial charge in [0.2, 0.25) is 0 Å². The summed E-state index contributed by atoms with van der Waals surface area (Å²) in [6, 6.07) is 1.97. The van der Waals surface area contributed by atoms with E-state index in [2.05, 4.69) is 46.7 Å². The zero-order valence-electron chi connectivity index (χ0n) is 12.8. The Balaban J connectivity index is 2.63. The first kappa shape index (κ1) is 15.7. The van der Waals surface area contributed by atoms with Gasteiger partial charge in [0.25, 0.3) is 0 Å². The molecule has 0 spiro atoms. The molecule has 0 aliphatic heterocycles. The molecule has 0 radical (unpaired) electrons. The van der Waals surface area contributed by atoms with Crippen molar-refractivity contribution in [1.29, 1.82) is 0 Å². The summed E-state index contributed by atoms with van der Waals surface area (Å²) in [5.41, 5.74) is 0.276. The number of anilines is 2. The van der Waals surface area contributed by atoms with Crippen LogP contribution in [0.15, 0.2) is 6.07 Å². The zero-order valence-corrected chi connectivity index (χ0v) is 12.8. The van der Waals surface area contributed by atoms with Crippen LogP contribution in [0.2, 0.25) is 0 Å². The summed E-state index contributed by atoms with van der Waals surface area (Å²) >= 11 is 0. The van der Waals surface area contributed by atoms with Crippen LogP contribution in [0.25, 0.3) is 0 Å². The minimum Gasteiger partial charge on any atom is -0.369 e. The first-order chi connectivity index (χ1) is 8.96. The molecular weight excluding hydrogens is 238 g/mol. The number of rotatable bonds is 8. The highest BCUT2D eigenvalue weighted by Gasteiger charge is 2.15. The van der Waals surface area contributed by atoms with Crippen LogP contribution in [0.5, 0.6) is 0 Å². The maximum absolute atomic E-state index is 4.42. The Morgan fingerprint density at radius 3 is 2.32 bits per heavy atom. The van der Waals surface area contributed by atoms with Crippen molar-refractivity contribution in [3.05, 3.63) is 11.9 Å². The summed E-state index contributed by atoms with van der Waals surface area (Å²) in [7, 11) is 1.94. The summed E-state index contributed by atoms with van der Waals surface area (Å²) in [6.45, 7) is 11.3. The molecule has 0 saturated heterocycles. The average Bonchev–Trinajstić information content (AvgIpc) is 2.36. The molecule has 108 valence electrons. The van der Waals surface area contributed by atoms with Crippen molar-refractivity contribution in [3.8, 4) is 0 Å². The number of hydrogen-bond donors (Lipinski definition) is 3. The van der Waals surface area contributed by atoms with E-state index in [1.54, 1.807) is 0 Å². The number of likely N-dealkylation sites (N-methyl/N-ethyl adjacent to an activating group) is 1. The molecule has 0 bridgehead atoms. The van der Waals surface area contributed by atoms with E-state index in [1.165, 1.54) is 0 Å². The second kappa shape index (κ2) is 7.28. The van der Waals surface area contributed by atoms with E-state index in [1.807, 2.05) is 20.0 Å². The molecule has 0 amide bonds. The fourth-order valence-corrected chi connectivity index (χ4v) is 1.52. The van der Waals surface area contributed by atoms with Crippen LogP contribution in [0, 0.1) is 12.3 Å². The van der Waals surface area contributed by atoms with Gasteiger partial charge >= 0.3 is 0 Å². The number of aromatic nitrogens is 2. The van der Waals surface area contributed by atoms with Crippen molar-refractivity contribution < 1.29 is 0 Å². The molecule has 0 unspecified atom stereocenters. The summed E-state index contributed by atoms with van der Waals surface area (Å²) in [5.74, 6) is 2.55. The number of nitrogens with one attached hydrogen (secondary N) is 3.